The smallest absolute Gasteiger partial charge is 0.137 e. The maximum atomic E-state index is 6.49. The van der Waals surface area contributed by atoms with Crippen LogP contribution in [0.4, 0.5) is 0 Å². The predicted octanol–water partition coefficient (Wildman–Crippen LogP) is 8.09. The number of hydrogen-bond acceptors (Lipinski definition) is 1. The molecule has 31 heavy (non-hydrogen) atoms. The summed E-state index contributed by atoms with van der Waals surface area (Å²) in [5, 5.41) is 5.32. The third kappa shape index (κ3) is 2.34. The Morgan fingerprint density at radius 3 is 2.48 bits per heavy atom. The summed E-state index contributed by atoms with van der Waals surface area (Å²) < 4.78 is 8.78. The largest absolute Gasteiger partial charge is 0.456 e. The molecule has 2 heteroatoms. The number of rotatable bonds is 2. The number of benzene rings is 3. The van der Waals surface area contributed by atoms with Crippen molar-refractivity contribution in [3.05, 3.63) is 60.2 Å². The molecule has 0 amide bonds. The Hall–Kier alpha value is -2.74. The summed E-state index contributed by atoms with van der Waals surface area (Å²) in [6.07, 6.45) is 8.25. The topological polar surface area (TPSA) is 18.1 Å². The van der Waals surface area contributed by atoms with Gasteiger partial charge in [-0.1, -0.05) is 50.1 Å². The van der Waals surface area contributed by atoms with Crippen LogP contribution in [0.25, 0.3) is 43.7 Å². The van der Waals surface area contributed by atoms with Gasteiger partial charge in [-0.25, -0.2) is 0 Å². The Morgan fingerprint density at radius 2 is 1.68 bits per heavy atom. The fourth-order valence-electron chi connectivity index (χ4n) is 7.36. The highest BCUT2D eigenvalue weighted by atomic mass is 16.3. The highest BCUT2D eigenvalue weighted by Gasteiger charge is 2.44. The van der Waals surface area contributed by atoms with Crippen molar-refractivity contribution in [2.45, 2.75) is 50.9 Å². The van der Waals surface area contributed by atoms with Crippen LogP contribution in [0.3, 0.4) is 0 Å². The van der Waals surface area contributed by atoms with Gasteiger partial charge in [0.1, 0.15) is 11.2 Å². The van der Waals surface area contributed by atoms with Crippen LogP contribution in [0, 0.1) is 11.8 Å². The van der Waals surface area contributed by atoms with Gasteiger partial charge in [-0.15, -0.1) is 0 Å². The number of fused-ring (bicyclic) bond motifs is 8. The van der Waals surface area contributed by atoms with E-state index in [1.165, 1.54) is 71.1 Å². The van der Waals surface area contributed by atoms with E-state index in [1.807, 2.05) is 0 Å². The van der Waals surface area contributed by atoms with Crippen LogP contribution >= 0.6 is 0 Å². The predicted molar refractivity (Wildman–Crippen MR) is 130 cm³/mol. The van der Waals surface area contributed by atoms with E-state index in [-0.39, 0.29) is 0 Å². The minimum absolute atomic E-state index is 0.300. The van der Waals surface area contributed by atoms with E-state index < -0.39 is 0 Å². The van der Waals surface area contributed by atoms with Gasteiger partial charge in [0, 0.05) is 40.2 Å². The summed E-state index contributed by atoms with van der Waals surface area (Å²) in [5.41, 5.74) is 6.44. The molecule has 2 fully saturated rings. The number of para-hydroxylation sites is 1. The van der Waals surface area contributed by atoms with E-state index in [0.29, 0.717) is 5.41 Å². The van der Waals surface area contributed by atoms with Gasteiger partial charge in [0.15, 0.2) is 0 Å². The van der Waals surface area contributed by atoms with Gasteiger partial charge in [-0.05, 0) is 66.7 Å². The maximum absolute atomic E-state index is 6.49. The van der Waals surface area contributed by atoms with Gasteiger partial charge < -0.3 is 8.98 Å². The fourth-order valence-corrected chi connectivity index (χ4v) is 7.36. The van der Waals surface area contributed by atoms with Crippen molar-refractivity contribution in [1.82, 2.24) is 4.57 Å². The second-order valence-corrected chi connectivity index (χ2v) is 10.3. The first-order valence-corrected chi connectivity index (χ1v) is 12.0. The summed E-state index contributed by atoms with van der Waals surface area (Å²) >= 11 is 0. The molecule has 2 bridgehead atoms. The summed E-state index contributed by atoms with van der Waals surface area (Å²) in [5.74, 6) is 1.83. The molecule has 2 aliphatic rings. The molecule has 2 unspecified atom stereocenters. The Morgan fingerprint density at radius 1 is 0.871 bits per heavy atom. The van der Waals surface area contributed by atoms with E-state index in [1.54, 1.807) is 5.56 Å². The number of aryl methyl sites for hydroxylation is 1. The molecule has 0 aliphatic heterocycles. The molecule has 5 aromatic rings. The monoisotopic (exact) mass is 407 g/mol. The van der Waals surface area contributed by atoms with Crippen molar-refractivity contribution in [3.8, 4) is 0 Å². The molecule has 2 heterocycles. The lowest BCUT2D eigenvalue weighted by Gasteiger charge is -2.41. The zero-order chi connectivity index (χ0) is 20.7. The second-order valence-electron chi connectivity index (χ2n) is 10.3. The molecule has 7 rings (SSSR count). The Kier molecular flexibility index (Phi) is 3.55. The third-order valence-corrected chi connectivity index (χ3v) is 8.79. The first kappa shape index (κ1) is 17.9. The van der Waals surface area contributed by atoms with Crippen molar-refractivity contribution >= 4 is 43.7 Å². The summed E-state index contributed by atoms with van der Waals surface area (Å²) in [6.45, 7) is 2.41. The number of aromatic nitrogens is 1. The SMILES string of the molecule is CCC1(c2cccc3oc4cc5c(cc4c23)c2ccccc2n5C)CC2CCC(C2)C1. The van der Waals surface area contributed by atoms with E-state index in [4.69, 9.17) is 4.42 Å². The Bertz CT molecular complexity index is 1470. The van der Waals surface area contributed by atoms with Crippen LogP contribution in [0.5, 0.6) is 0 Å². The molecule has 156 valence electrons. The quantitative estimate of drug-likeness (QED) is 0.289. The first-order valence-electron chi connectivity index (χ1n) is 12.0. The van der Waals surface area contributed by atoms with Crippen molar-refractivity contribution in [1.29, 1.82) is 0 Å². The Labute approximate surface area is 182 Å². The number of hydrogen-bond donors (Lipinski definition) is 0. The molecule has 3 aromatic carbocycles. The van der Waals surface area contributed by atoms with Crippen LogP contribution in [0.15, 0.2) is 59.0 Å². The lowest BCUT2D eigenvalue weighted by Crippen LogP contribution is -2.33. The highest BCUT2D eigenvalue weighted by Crippen LogP contribution is 2.55. The van der Waals surface area contributed by atoms with E-state index in [2.05, 4.69) is 73.1 Å². The van der Waals surface area contributed by atoms with Crippen molar-refractivity contribution in [2.24, 2.45) is 18.9 Å². The fraction of sp³-hybridized carbons (Fsp3) is 0.379. The van der Waals surface area contributed by atoms with Crippen molar-refractivity contribution in [3.63, 3.8) is 0 Å². The first-order chi connectivity index (χ1) is 15.2. The maximum Gasteiger partial charge on any atom is 0.137 e. The molecule has 2 nitrogen and oxygen atoms in total. The molecule has 0 spiro atoms. The second kappa shape index (κ2) is 6.16. The molecule has 0 saturated heterocycles. The summed E-state index contributed by atoms with van der Waals surface area (Å²) in [4.78, 5) is 0. The van der Waals surface area contributed by atoms with Crippen molar-refractivity contribution < 1.29 is 4.42 Å². The van der Waals surface area contributed by atoms with Crippen molar-refractivity contribution in [2.75, 3.05) is 0 Å². The van der Waals surface area contributed by atoms with Gasteiger partial charge in [0.2, 0.25) is 0 Å². The average Bonchev–Trinajstić information content (AvgIpc) is 3.44. The molecule has 0 radical (unpaired) electrons. The molecule has 2 atom stereocenters. The molecule has 2 saturated carbocycles. The lowest BCUT2D eigenvalue weighted by molar-refractivity contribution is 0.208. The van der Waals surface area contributed by atoms with E-state index >= 15 is 0 Å². The molecular formula is C29H29NO. The van der Waals surface area contributed by atoms with Gasteiger partial charge >= 0.3 is 0 Å². The van der Waals surface area contributed by atoms with Crippen LogP contribution in [0.2, 0.25) is 0 Å². The van der Waals surface area contributed by atoms with Crippen LogP contribution < -0.4 is 0 Å². The summed E-state index contributed by atoms with van der Waals surface area (Å²) in [6, 6.07) is 20.2. The zero-order valence-corrected chi connectivity index (χ0v) is 18.4. The van der Waals surface area contributed by atoms with Crippen LogP contribution in [-0.2, 0) is 12.5 Å². The van der Waals surface area contributed by atoms with Gasteiger partial charge in [0.25, 0.3) is 0 Å². The standard InChI is InChI=1S/C29H29NO/c1-3-29(16-18-11-12-19(13-18)17-29)23-8-6-10-26-28(23)22-14-21-20-7-4-5-9-24(20)30(2)25(21)15-27(22)31-26/h4-10,14-15,18-19H,3,11-13,16-17H2,1-2H3. The molecule has 2 aliphatic carbocycles. The van der Waals surface area contributed by atoms with Gasteiger partial charge in [0.05, 0.1) is 5.52 Å². The Balaban J connectivity index is 1.56. The zero-order valence-electron chi connectivity index (χ0n) is 18.4. The van der Waals surface area contributed by atoms with E-state index in [0.717, 1.165) is 23.0 Å². The molecule has 0 N–H and O–H groups in total. The highest BCUT2D eigenvalue weighted by molar-refractivity contribution is 6.17. The minimum atomic E-state index is 0.300. The van der Waals surface area contributed by atoms with Crippen LogP contribution in [-0.4, -0.2) is 4.57 Å². The molecule has 2 aromatic heterocycles. The number of nitrogens with zero attached hydrogens (tertiary/aromatic N) is 1. The number of furan rings is 1. The van der Waals surface area contributed by atoms with E-state index in [9.17, 15) is 0 Å². The van der Waals surface area contributed by atoms with Gasteiger partial charge in [-0.3, -0.25) is 0 Å². The minimum Gasteiger partial charge on any atom is -0.456 e. The lowest BCUT2D eigenvalue weighted by atomic mass is 9.63. The normalized spacial score (nSPS) is 26.0. The molecular weight excluding hydrogens is 378 g/mol. The summed E-state index contributed by atoms with van der Waals surface area (Å²) in [7, 11) is 2.16. The van der Waals surface area contributed by atoms with Crippen LogP contribution in [0.1, 0.15) is 51.0 Å². The third-order valence-electron chi connectivity index (χ3n) is 8.79. The van der Waals surface area contributed by atoms with Gasteiger partial charge in [-0.2, -0.15) is 0 Å². The average molecular weight is 408 g/mol.